The molecule has 2 aliphatic rings. The Morgan fingerprint density at radius 1 is 1.23 bits per heavy atom. The molecule has 2 N–H and O–H groups in total. The van der Waals surface area contributed by atoms with Crippen LogP contribution < -0.4 is 10.2 Å². The Kier molecular flexibility index (Phi) is 8.53. The minimum Gasteiger partial charge on any atom is -0.396 e. The third kappa shape index (κ3) is 6.53. The lowest BCUT2D eigenvalue weighted by Crippen LogP contribution is -2.27. The van der Waals surface area contributed by atoms with Gasteiger partial charge in [-0.25, -0.2) is 19.7 Å². The fourth-order valence-corrected chi connectivity index (χ4v) is 6.06. The Bertz CT molecular complexity index is 1350. The molecule has 0 radical (unpaired) electrons. The average Bonchev–Trinajstić information content (AvgIpc) is 3.70. The van der Waals surface area contributed by atoms with Crippen LogP contribution in [0.15, 0.2) is 24.5 Å². The molecule has 1 fully saturated rings. The Balaban J connectivity index is 1.17. The van der Waals surface area contributed by atoms with Crippen LogP contribution in [-0.4, -0.2) is 86.4 Å². The summed E-state index contributed by atoms with van der Waals surface area (Å²) in [6, 6.07) is 4.01. The first-order valence-corrected chi connectivity index (χ1v) is 17.1. The van der Waals surface area contributed by atoms with Crippen LogP contribution in [-0.2, 0) is 24.4 Å². The number of anilines is 1. The molecular weight excluding hydrogens is 526 g/mol. The van der Waals surface area contributed by atoms with Crippen molar-refractivity contribution in [2.45, 2.75) is 52.4 Å². The number of rotatable bonds is 11. The van der Waals surface area contributed by atoms with E-state index in [1.54, 1.807) is 17.1 Å². The highest BCUT2D eigenvalue weighted by Crippen LogP contribution is 2.34. The Labute approximate surface area is 238 Å². The third-order valence-corrected chi connectivity index (χ3v) is 9.40. The van der Waals surface area contributed by atoms with Crippen LogP contribution in [0.3, 0.4) is 0 Å². The van der Waals surface area contributed by atoms with E-state index in [4.69, 9.17) is 14.8 Å². The zero-order valence-electron chi connectivity index (χ0n) is 24.4. The van der Waals surface area contributed by atoms with Crippen LogP contribution in [0, 0.1) is 19.8 Å². The van der Waals surface area contributed by atoms with Crippen molar-refractivity contribution in [1.29, 1.82) is 0 Å². The monoisotopic (exact) mass is 569 g/mol. The van der Waals surface area contributed by atoms with Gasteiger partial charge in [-0.05, 0) is 69.1 Å². The van der Waals surface area contributed by atoms with Crippen molar-refractivity contribution in [3.05, 3.63) is 58.3 Å². The van der Waals surface area contributed by atoms with Crippen molar-refractivity contribution in [1.82, 2.24) is 29.9 Å². The molecule has 11 heteroatoms. The lowest BCUT2D eigenvalue weighted by molar-refractivity contribution is 0.0786. The highest BCUT2D eigenvalue weighted by molar-refractivity contribution is 8.32. The number of carbonyl (C=O) groups is 1. The van der Waals surface area contributed by atoms with Crippen LogP contribution in [0.5, 0.6) is 0 Å². The van der Waals surface area contributed by atoms with E-state index in [9.17, 15) is 9.90 Å². The second-order valence-corrected chi connectivity index (χ2v) is 16.6. The first-order valence-electron chi connectivity index (χ1n) is 14.1. The summed E-state index contributed by atoms with van der Waals surface area (Å²) in [5.41, 5.74) is 5.83. The fraction of sp³-hybridized carbons (Fsp3) is 0.586. The molecule has 40 heavy (non-hydrogen) atoms. The number of aryl methyl sites for hydroxylation is 1. The predicted octanol–water partition coefficient (Wildman–Crippen LogP) is 3.04. The fourth-order valence-electron chi connectivity index (χ4n) is 5.44. The SMILES string of the molecule is Cc1nc(N2CC[C@H](CO)C2)ccc1Cn1cc(C(=O)N[C@@H]2CCc3c2nn(COCCS(C)(C)C)c3C)cn1. The van der Waals surface area contributed by atoms with Crippen LogP contribution >= 0.6 is 10.0 Å². The molecule has 2 atom stereocenters. The summed E-state index contributed by atoms with van der Waals surface area (Å²) < 4.78 is 9.62. The normalized spacial score (nSPS) is 19.3. The Hall–Kier alpha value is -2.89. The van der Waals surface area contributed by atoms with E-state index in [2.05, 4.69) is 47.1 Å². The minimum atomic E-state index is -0.581. The van der Waals surface area contributed by atoms with Crippen LogP contribution in [0.4, 0.5) is 5.82 Å². The maximum atomic E-state index is 13.1. The molecule has 5 rings (SSSR count). The van der Waals surface area contributed by atoms with Crippen molar-refractivity contribution >= 4 is 21.8 Å². The number of aliphatic hydroxyl groups excluding tert-OH is 1. The minimum absolute atomic E-state index is 0.111. The van der Waals surface area contributed by atoms with Gasteiger partial charge in [0.15, 0.2) is 0 Å². The van der Waals surface area contributed by atoms with Gasteiger partial charge in [0.2, 0.25) is 0 Å². The van der Waals surface area contributed by atoms with Crippen molar-refractivity contribution in [3.63, 3.8) is 0 Å². The molecule has 0 unspecified atom stereocenters. The molecule has 4 heterocycles. The zero-order valence-corrected chi connectivity index (χ0v) is 25.2. The standard InChI is InChI=1S/C29H43N7O3S/c1-20-23(6-9-27(31-20)34-11-10-22(15-34)18-37)16-35-17-24(14-30-35)29(38)32-26-8-7-25-21(2)36(33-28(25)26)19-39-12-13-40(3,4)5/h6,9,14,17,22,26,37H,7-8,10-13,15-16,18-19H2,1-5H3,(H,32,38)/t22-,26+/m0/s1. The molecule has 3 aromatic heterocycles. The van der Waals surface area contributed by atoms with Crippen LogP contribution in [0.1, 0.15) is 57.5 Å². The van der Waals surface area contributed by atoms with Gasteiger partial charge in [-0.1, -0.05) is 6.07 Å². The van der Waals surface area contributed by atoms with E-state index >= 15 is 0 Å². The molecule has 218 valence electrons. The largest absolute Gasteiger partial charge is 0.396 e. The molecule has 0 spiro atoms. The van der Waals surface area contributed by atoms with Gasteiger partial charge in [0.1, 0.15) is 12.5 Å². The highest BCUT2D eigenvalue weighted by Gasteiger charge is 2.30. The highest BCUT2D eigenvalue weighted by atomic mass is 32.3. The second kappa shape index (κ2) is 11.9. The van der Waals surface area contributed by atoms with E-state index in [-0.39, 0.29) is 18.6 Å². The topological polar surface area (TPSA) is 110 Å². The molecule has 0 bridgehead atoms. The second-order valence-electron chi connectivity index (χ2n) is 12.0. The molecule has 0 aromatic carbocycles. The molecule has 1 saturated heterocycles. The number of nitrogens with zero attached hydrogens (tertiary/aromatic N) is 6. The Morgan fingerprint density at radius 3 is 2.77 bits per heavy atom. The number of fused-ring (bicyclic) bond motifs is 1. The Morgan fingerprint density at radius 2 is 2.05 bits per heavy atom. The number of aromatic nitrogens is 5. The number of carbonyl (C=O) groups excluding carboxylic acids is 1. The summed E-state index contributed by atoms with van der Waals surface area (Å²) in [6.07, 6.45) is 13.0. The summed E-state index contributed by atoms with van der Waals surface area (Å²) >= 11 is 0. The lowest BCUT2D eigenvalue weighted by Gasteiger charge is -2.24. The first kappa shape index (κ1) is 28.6. The summed E-state index contributed by atoms with van der Waals surface area (Å²) in [7, 11) is -0.581. The van der Waals surface area contributed by atoms with Crippen molar-refractivity contribution in [2.75, 3.05) is 55.7 Å². The number of pyridine rings is 1. The van der Waals surface area contributed by atoms with E-state index in [1.807, 2.05) is 17.7 Å². The zero-order chi connectivity index (χ0) is 28.4. The molecule has 1 aliphatic heterocycles. The number of aliphatic hydroxyl groups is 1. The average molecular weight is 570 g/mol. The van der Waals surface area contributed by atoms with Crippen molar-refractivity contribution in [2.24, 2.45) is 5.92 Å². The van der Waals surface area contributed by atoms with E-state index in [0.717, 1.165) is 73.2 Å². The number of amides is 1. The van der Waals surface area contributed by atoms with Gasteiger partial charge in [-0.2, -0.15) is 10.2 Å². The van der Waals surface area contributed by atoms with Gasteiger partial charge in [0.05, 0.1) is 36.6 Å². The quantitative estimate of drug-likeness (QED) is 0.342. The van der Waals surface area contributed by atoms with Crippen molar-refractivity contribution < 1.29 is 14.6 Å². The number of nitrogens with one attached hydrogen (secondary N) is 1. The van der Waals surface area contributed by atoms with Crippen molar-refractivity contribution in [3.8, 4) is 0 Å². The maximum absolute atomic E-state index is 13.1. The predicted molar refractivity (Wildman–Crippen MR) is 159 cm³/mol. The van der Waals surface area contributed by atoms with Gasteiger partial charge in [-0.15, -0.1) is 0 Å². The molecule has 0 saturated carbocycles. The van der Waals surface area contributed by atoms with Gasteiger partial charge in [0.25, 0.3) is 5.91 Å². The van der Waals surface area contributed by atoms with E-state index < -0.39 is 10.0 Å². The van der Waals surface area contributed by atoms with Crippen LogP contribution in [0.25, 0.3) is 0 Å². The molecule has 1 amide bonds. The smallest absolute Gasteiger partial charge is 0.255 e. The maximum Gasteiger partial charge on any atom is 0.255 e. The summed E-state index contributed by atoms with van der Waals surface area (Å²) in [6.45, 7) is 7.79. The third-order valence-electron chi connectivity index (χ3n) is 8.01. The molecule has 1 aliphatic carbocycles. The molecule has 10 nitrogen and oxygen atoms in total. The summed E-state index contributed by atoms with van der Waals surface area (Å²) in [5.74, 6) is 2.21. The van der Waals surface area contributed by atoms with Crippen LogP contribution in [0.2, 0.25) is 0 Å². The summed E-state index contributed by atoms with van der Waals surface area (Å²) in [4.78, 5) is 20.2. The van der Waals surface area contributed by atoms with Gasteiger partial charge < -0.3 is 20.1 Å². The molecule has 3 aromatic rings. The first-order chi connectivity index (χ1) is 19.1. The lowest BCUT2D eigenvalue weighted by atomic mass is 10.1. The van der Waals surface area contributed by atoms with E-state index in [1.165, 1.54) is 5.56 Å². The van der Waals surface area contributed by atoms with Gasteiger partial charge in [0, 0.05) is 49.0 Å². The molecular formula is C29H43N7O3S. The summed E-state index contributed by atoms with van der Waals surface area (Å²) in [5, 5.41) is 21.9. The van der Waals surface area contributed by atoms with Gasteiger partial charge in [-0.3, -0.25) is 9.48 Å². The number of hydrogen-bond acceptors (Lipinski definition) is 7. The van der Waals surface area contributed by atoms with Gasteiger partial charge >= 0.3 is 0 Å². The number of hydrogen-bond donors (Lipinski definition) is 2. The number of ether oxygens (including phenoxy) is 1. The van der Waals surface area contributed by atoms with E-state index in [0.29, 0.717) is 24.8 Å².